The first-order chi connectivity index (χ1) is 9.17. The van der Waals surface area contributed by atoms with Gasteiger partial charge < -0.3 is 15.0 Å². The van der Waals surface area contributed by atoms with E-state index in [1.807, 2.05) is 0 Å². The van der Waals surface area contributed by atoms with Crippen molar-refractivity contribution in [2.24, 2.45) is 4.99 Å². The minimum Gasteiger partial charge on any atom is -0.498 e. The Kier molecular flexibility index (Phi) is 7.02. The van der Waals surface area contributed by atoms with Crippen LogP contribution in [0.4, 0.5) is 4.79 Å². The SMILES string of the molecule is CCCCCCCCC1=NCC[N+]1(CCO)C(=O)[O-]. The monoisotopic (exact) mass is 270 g/mol. The molecule has 1 aliphatic heterocycles. The molecule has 0 saturated carbocycles. The van der Waals surface area contributed by atoms with Gasteiger partial charge in [-0.1, -0.05) is 39.0 Å². The molecule has 1 unspecified atom stereocenters. The number of quaternary nitrogens is 1. The number of carbonyl (C=O) groups excluding carboxylic acids is 1. The maximum Gasteiger partial charge on any atom is 0.263 e. The second kappa shape index (κ2) is 8.27. The number of amides is 1. The number of amidine groups is 1. The van der Waals surface area contributed by atoms with E-state index in [-0.39, 0.29) is 17.6 Å². The molecule has 0 aromatic rings. The van der Waals surface area contributed by atoms with E-state index in [2.05, 4.69) is 11.9 Å². The topological polar surface area (TPSA) is 72.7 Å². The van der Waals surface area contributed by atoms with Crippen LogP contribution in [0.3, 0.4) is 0 Å². The third kappa shape index (κ3) is 4.28. The first kappa shape index (κ1) is 16.1. The number of rotatable bonds is 9. The number of unbranched alkanes of at least 4 members (excludes halogenated alkanes) is 5. The molecule has 1 rings (SSSR count). The van der Waals surface area contributed by atoms with Gasteiger partial charge in [0.15, 0.2) is 0 Å². The van der Waals surface area contributed by atoms with Gasteiger partial charge in [-0.2, -0.15) is 0 Å². The number of hydrogen-bond donors (Lipinski definition) is 1. The van der Waals surface area contributed by atoms with Crippen molar-refractivity contribution >= 4 is 11.9 Å². The Morgan fingerprint density at radius 3 is 2.63 bits per heavy atom. The molecule has 0 aliphatic carbocycles. The summed E-state index contributed by atoms with van der Waals surface area (Å²) in [7, 11) is 0. The Morgan fingerprint density at radius 1 is 1.32 bits per heavy atom. The van der Waals surface area contributed by atoms with E-state index in [1.54, 1.807) is 0 Å². The van der Waals surface area contributed by atoms with Crippen molar-refractivity contribution < 1.29 is 19.5 Å². The van der Waals surface area contributed by atoms with Crippen molar-refractivity contribution in [1.29, 1.82) is 0 Å². The van der Waals surface area contributed by atoms with Crippen LogP contribution in [-0.2, 0) is 0 Å². The number of carboxylic acid groups (broad SMARTS) is 1. The largest absolute Gasteiger partial charge is 0.498 e. The molecule has 19 heavy (non-hydrogen) atoms. The highest BCUT2D eigenvalue weighted by molar-refractivity contribution is 5.85. The molecule has 0 aromatic heterocycles. The van der Waals surface area contributed by atoms with Crippen molar-refractivity contribution in [3.8, 4) is 0 Å². The summed E-state index contributed by atoms with van der Waals surface area (Å²) in [5, 5.41) is 20.4. The molecule has 0 bridgehead atoms. The highest BCUT2D eigenvalue weighted by Gasteiger charge is 2.39. The molecule has 0 fully saturated rings. The zero-order valence-corrected chi connectivity index (χ0v) is 11.9. The molecule has 0 aromatic carbocycles. The Bertz CT molecular complexity index is 318. The summed E-state index contributed by atoms with van der Waals surface area (Å²) >= 11 is 0. The number of hydrogen-bond acceptors (Lipinski definition) is 4. The molecule has 1 atom stereocenters. The predicted molar refractivity (Wildman–Crippen MR) is 72.8 cm³/mol. The highest BCUT2D eigenvalue weighted by Crippen LogP contribution is 2.19. The van der Waals surface area contributed by atoms with Crippen molar-refractivity contribution in [3.63, 3.8) is 0 Å². The fourth-order valence-corrected chi connectivity index (χ4v) is 2.67. The molecule has 1 heterocycles. The Labute approximate surface area is 115 Å². The van der Waals surface area contributed by atoms with Gasteiger partial charge in [0.05, 0.1) is 13.2 Å². The van der Waals surface area contributed by atoms with E-state index in [9.17, 15) is 9.90 Å². The number of aliphatic hydroxyl groups excluding tert-OH is 1. The van der Waals surface area contributed by atoms with Crippen LogP contribution in [-0.4, -0.2) is 47.8 Å². The number of aliphatic hydroxyl groups is 1. The van der Waals surface area contributed by atoms with E-state index < -0.39 is 6.09 Å². The molecule has 1 aliphatic rings. The summed E-state index contributed by atoms with van der Waals surface area (Å²) < 4.78 is -0.258. The molecule has 1 N–H and O–H groups in total. The predicted octanol–water partition coefficient (Wildman–Crippen LogP) is 1.30. The summed E-state index contributed by atoms with van der Waals surface area (Å²) in [6, 6.07) is 0. The molecular formula is C14H26N2O3. The van der Waals surface area contributed by atoms with E-state index in [4.69, 9.17) is 5.11 Å². The van der Waals surface area contributed by atoms with Crippen LogP contribution in [0, 0.1) is 0 Å². The summed E-state index contributed by atoms with van der Waals surface area (Å²) in [5.41, 5.74) is 0. The third-order valence-electron chi connectivity index (χ3n) is 3.86. The summed E-state index contributed by atoms with van der Waals surface area (Å²) in [5.74, 6) is 0.685. The highest BCUT2D eigenvalue weighted by atomic mass is 16.4. The molecule has 0 saturated heterocycles. The lowest BCUT2D eigenvalue weighted by atomic mass is 10.1. The van der Waals surface area contributed by atoms with Gasteiger partial charge in [0.2, 0.25) is 5.84 Å². The quantitative estimate of drug-likeness (QED) is 0.507. The smallest absolute Gasteiger partial charge is 0.263 e. The standard InChI is InChI=1S/C14H26N2O3/c1-2-3-4-5-6-7-8-13-15-9-10-16(13,11-12-17)14(18)19/h17H,2-12H2,1H3. The minimum absolute atomic E-state index is 0.149. The third-order valence-corrected chi connectivity index (χ3v) is 3.86. The lowest BCUT2D eigenvalue weighted by Gasteiger charge is -2.33. The van der Waals surface area contributed by atoms with Crippen molar-refractivity contribution in [2.45, 2.75) is 51.9 Å². The minimum atomic E-state index is -1.13. The van der Waals surface area contributed by atoms with Crippen LogP contribution in [0.5, 0.6) is 0 Å². The molecule has 110 valence electrons. The lowest BCUT2D eigenvalue weighted by molar-refractivity contribution is -0.786. The van der Waals surface area contributed by atoms with Gasteiger partial charge in [-0.25, -0.2) is 9.48 Å². The maximum atomic E-state index is 11.4. The van der Waals surface area contributed by atoms with Gasteiger partial charge in [0.25, 0.3) is 6.09 Å². The lowest BCUT2D eigenvalue weighted by Crippen LogP contribution is -2.61. The average molecular weight is 270 g/mol. The Hall–Kier alpha value is -0.940. The van der Waals surface area contributed by atoms with Crippen molar-refractivity contribution in [1.82, 2.24) is 0 Å². The Morgan fingerprint density at radius 2 is 2.00 bits per heavy atom. The van der Waals surface area contributed by atoms with E-state index in [1.165, 1.54) is 25.7 Å². The maximum absolute atomic E-state index is 11.4. The molecular weight excluding hydrogens is 244 g/mol. The van der Waals surface area contributed by atoms with Crippen LogP contribution in [0.1, 0.15) is 51.9 Å². The van der Waals surface area contributed by atoms with Gasteiger partial charge in [0.1, 0.15) is 13.1 Å². The van der Waals surface area contributed by atoms with Crippen LogP contribution in [0.25, 0.3) is 0 Å². The molecule has 0 radical (unpaired) electrons. The zero-order valence-electron chi connectivity index (χ0n) is 11.9. The fraction of sp³-hybridized carbons (Fsp3) is 0.857. The first-order valence-electron chi connectivity index (χ1n) is 7.40. The average Bonchev–Trinajstić information content (AvgIpc) is 2.78. The molecule has 5 heteroatoms. The van der Waals surface area contributed by atoms with Crippen LogP contribution in [0.15, 0.2) is 4.99 Å². The summed E-state index contributed by atoms with van der Waals surface area (Å²) in [4.78, 5) is 15.7. The van der Waals surface area contributed by atoms with Crippen LogP contribution < -0.4 is 5.11 Å². The number of nitrogens with zero attached hydrogens (tertiary/aromatic N) is 2. The van der Waals surface area contributed by atoms with Gasteiger partial charge in [-0.05, 0) is 6.42 Å². The van der Waals surface area contributed by atoms with E-state index in [0.717, 1.165) is 12.8 Å². The summed E-state index contributed by atoms with van der Waals surface area (Å²) in [6.07, 6.45) is 6.62. The second-order valence-corrected chi connectivity index (χ2v) is 5.22. The Balaban J connectivity index is 2.40. The normalized spacial score (nSPS) is 22.5. The zero-order chi connectivity index (χ0) is 14.1. The molecule has 0 spiro atoms. The first-order valence-corrected chi connectivity index (χ1v) is 7.40. The van der Waals surface area contributed by atoms with Crippen LogP contribution >= 0.6 is 0 Å². The number of aliphatic imine (C=N–C) groups is 1. The van der Waals surface area contributed by atoms with E-state index in [0.29, 0.717) is 25.3 Å². The molecule has 1 amide bonds. The van der Waals surface area contributed by atoms with Gasteiger partial charge in [0, 0.05) is 6.42 Å². The van der Waals surface area contributed by atoms with Gasteiger partial charge >= 0.3 is 0 Å². The van der Waals surface area contributed by atoms with Crippen molar-refractivity contribution in [3.05, 3.63) is 0 Å². The van der Waals surface area contributed by atoms with E-state index >= 15 is 0 Å². The second-order valence-electron chi connectivity index (χ2n) is 5.22. The number of carbonyl (C=O) groups is 1. The van der Waals surface area contributed by atoms with Gasteiger partial charge in [-0.15, -0.1) is 0 Å². The van der Waals surface area contributed by atoms with Gasteiger partial charge in [-0.3, -0.25) is 0 Å². The van der Waals surface area contributed by atoms with Crippen molar-refractivity contribution in [2.75, 3.05) is 26.2 Å². The van der Waals surface area contributed by atoms with Crippen LogP contribution in [0.2, 0.25) is 0 Å². The fourth-order valence-electron chi connectivity index (χ4n) is 2.67. The summed E-state index contributed by atoms with van der Waals surface area (Å²) in [6.45, 7) is 3.17. The molecule has 5 nitrogen and oxygen atoms in total.